The third kappa shape index (κ3) is 2.85. The summed E-state index contributed by atoms with van der Waals surface area (Å²) in [6.45, 7) is 1.55. The van der Waals surface area contributed by atoms with Crippen LogP contribution in [0.3, 0.4) is 0 Å². The topological polar surface area (TPSA) is 29.5 Å². The minimum absolute atomic E-state index is 0.0750. The Labute approximate surface area is 115 Å². The van der Waals surface area contributed by atoms with Crippen molar-refractivity contribution >= 4 is 0 Å². The van der Waals surface area contributed by atoms with E-state index in [-0.39, 0.29) is 11.5 Å². The highest BCUT2D eigenvalue weighted by molar-refractivity contribution is 5.27. The summed E-state index contributed by atoms with van der Waals surface area (Å²) in [7, 11) is 0. The first-order valence-corrected chi connectivity index (χ1v) is 7.63. The molecule has 0 aromatic heterocycles. The molecule has 1 aromatic carbocycles. The molecule has 104 valence electrons. The molecule has 1 aliphatic carbocycles. The van der Waals surface area contributed by atoms with Crippen LogP contribution in [0.1, 0.15) is 44.1 Å². The van der Waals surface area contributed by atoms with E-state index in [1.807, 2.05) is 6.07 Å². The van der Waals surface area contributed by atoms with E-state index in [1.54, 1.807) is 0 Å². The van der Waals surface area contributed by atoms with Crippen LogP contribution in [0.2, 0.25) is 0 Å². The lowest BCUT2D eigenvalue weighted by atomic mass is 9.69. The summed E-state index contributed by atoms with van der Waals surface area (Å²) < 4.78 is 5.52. The molecule has 1 atom stereocenters. The fourth-order valence-corrected chi connectivity index (χ4v) is 3.40. The van der Waals surface area contributed by atoms with E-state index in [1.165, 1.54) is 24.8 Å². The third-order valence-corrected chi connectivity index (χ3v) is 4.92. The number of rotatable bonds is 5. The van der Waals surface area contributed by atoms with Gasteiger partial charge in [0.2, 0.25) is 0 Å². The molecule has 1 N–H and O–H groups in total. The average Bonchev–Trinajstić information content (AvgIpc) is 3.30. The molecular weight excluding hydrogens is 236 g/mol. The predicted octanol–water partition coefficient (Wildman–Crippen LogP) is 3.29. The van der Waals surface area contributed by atoms with Crippen LogP contribution in [0, 0.1) is 5.92 Å². The molecule has 1 aromatic rings. The van der Waals surface area contributed by atoms with Crippen molar-refractivity contribution in [2.45, 2.75) is 50.0 Å². The number of benzene rings is 1. The van der Waals surface area contributed by atoms with Crippen molar-refractivity contribution in [2.24, 2.45) is 5.92 Å². The molecule has 2 nitrogen and oxygen atoms in total. The van der Waals surface area contributed by atoms with Gasteiger partial charge in [-0.25, -0.2) is 0 Å². The van der Waals surface area contributed by atoms with E-state index in [4.69, 9.17) is 4.74 Å². The maximum absolute atomic E-state index is 10.8. The summed E-state index contributed by atoms with van der Waals surface area (Å²) in [6, 6.07) is 10.6. The van der Waals surface area contributed by atoms with E-state index in [9.17, 15) is 5.11 Å². The van der Waals surface area contributed by atoms with Crippen LogP contribution in [0.4, 0.5) is 0 Å². The van der Waals surface area contributed by atoms with Crippen LogP contribution in [0.25, 0.3) is 0 Å². The van der Waals surface area contributed by atoms with Gasteiger partial charge in [-0.3, -0.25) is 0 Å². The van der Waals surface area contributed by atoms with Gasteiger partial charge in [-0.05, 0) is 37.2 Å². The monoisotopic (exact) mass is 260 g/mol. The zero-order chi connectivity index (χ0) is 13.1. The fourth-order valence-electron chi connectivity index (χ4n) is 3.40. The Kier molecular flexibility index (Phi) is 3.90. The van der Waals surface area contributed by atoms with Crippen LogP contribution in [-0.4, -0.2) is 24.4 Å². The molecule has 1 heterocycles. The molecular formula is C17H24O2. The van der Waals surface area contributed by atoms with Crippen molar-refractivity contribution < 1.29 is 9.84 Å². The second kappa shape index (κ2) is 5.64. The van der Waals surface area contributed by atoms with Crippen LogP contribution < -0.4 is 0 Å². The van der Waals surface area contributed by atoms with E-state index in [0.29, 0.717) is 0 Å². The quantitative estimate of drug-likeness (QED) is 0.880. The summed E-state index contributed by atoms with van der Waals surface area (Å²) in [6.07, 6.45) is 6.55. The maximum atomic E-state index is 10.8. The molecule has 2 aliphatic rings. The minimum Gasteiger partial charge on any atom is -0.392 e. The second-order valence-electron chi connectivity index (χ2n) is 6.17. The highest BCUT2D eigenvalue weighted by atomic mass is 16.5. The SMILES string of the molecule is OC(CCC1CC1)C1(c2ccccc2)CCOCC1. The highest BCUT2D eigenvalue weighted by Crippen LogP contribution is 2.42. The Morgan fingerprint density at radius 2 is 1.84 bits per heavy atom. The van der Waals surface area contributed by atoms with E-state index >= 15 is 0 Å². The van der Waals surface area contributed by atoms with Gasteiger partial charge in [-0.2, -0.15) is 0 Å². The normalized spacial score (nSPS) is 24.1. The molecule has 0 bridgehead atoms. The fraction of sp³-hybridized carbons (Fsp3) is 0.647. The Morgan fingerprint density at radius 3 is 2.47 bits per heavy atom. The van der Waals surface area contributed by atoms with Gasteiger partial charge in [0, 0.05) is 18.6 Å². The van der Waals surface area contributed by atoms with Crippen LogP contribution in [0.15, 0.2) is 30.3 Å². The number of ether oxygens (including phenoxy) is 1. The van der Waals surface area contributed by atoms with Crippen molar-refractivity contribution in [3.8, 4) is 0 Å². The smallest absolute Gasteiger partial charge is 0.0638 e. The van der Waals surface area contributed by atoms with Crippen LogP contribution in [0.5, 0.6) is 0 Å². The molecule has 0 amide bonds. The molecule has 0 spiro atoms. The molecule has 1 aliphatic heterocycles. The predicted molar refractivity (Wildman–Crippen MR) is 76.1 cm³/mol. The molecule has 2 heteroatoms. The van der Waals surface area contributed by atoms with E-state index < -0.39 is 0 Å². The number of hydrogen-bond acceptors (Lipinski definition) is 2. The van der Waals surface area contributed by atoms with Gasteiger partial charge in [0.25, 0.3) is 0 Å². The van der Waals surface area contributed by atoms with Gasteiger partial charge < -0.3 is 9.84 Å². The molecule has 0 radical (unpaired) electrons. The van der Waals surface area contributed by atoms with Crippen molar-refractivity contribution in [1.29, 1.82) is 0 Å². The zero-order valence-electron chi connectivity index (χ0n) is 11.6. The van der Waals surface area contributed by atoms with Crippen molar-refractivity contribution in [3.05, 3.63) is 35.9 Å². The molecule has 1 unspecified atom stereocenters. The van der Waals surface area contributed by atoms with Gasteiger partial charge in [0.05, 0.1) is 6.10 Å². The molecule has 3 rings (SSSR count). The summed E-state index contributed by atoms with van der Waals surface area (Å²) in [4.78, 5) is 0. The molecule has 19 heavy (non-hydrogen) atoms. The lowest BCUT2D eigenvalue weighted by Crippen LogP contribution is -2.44. The van der Waals surface area contributed by atoms with Crippen LogP contribution >= 0.6 is 0 Å². The summed E-state index contributed by atoms with van der Waals surface area (Å²) in [5, 5.41) is 10.8. The number of hydrogen-bond donors (Lipinski definition) is 1. The Balaban J connectivity index is 1.78. The van der Waals surface area contributed by atoms with Crippen molar-refractivity contribution in [3.63, 3.8) is 0 Å². The average molecular weight is 260 g/mol. The van der Waals surface area contributed by atoms with Gasteiger partial charge in [-0.1, -0.05) is 43.2 Å². The lowest BCUT2D eigenvalue weighted by Gasteiger charge is -2.41. The van der Waals surface area contributed by atoms with Crippen molar-refractivity contribution in [2.75, 3.05) is 13.2 Å². The first-order chi connectivity index (χ1) is 9.31. The third-order valence-electron chi connectivity index (χ3n) is 4.92. The van der Waals surface area contributed by atoms with E-state index in [0.717, 1.165) is 38.4 Å². The molecule has 1 saturated carbocycles. The molecule has 1 saturated heterocycles. The first-order valence-electron chi connectivity index (χ1n) is 7.63. The van der Waals surface area contributed by atoms with Gasteiger partial charge >= 0.3 is 0 Å². The van der Waals surface area contributed by atoms with Gasteiger partial charge in [0.15, 0.2) is 0 Å². The Morgan fingerprint density at radius 1 is 1.16 bits per heavy atom. The Bertz CT molecular complexity index is 391. The first kappa shape index (κ1) is 13.1. The van der Waals surface area contributed by atoms with Crippen LogP contribution in [-0.2, 0) is 10.2 Å². The summed E-state index contributed by atoms with van der Waals surface area (Å²) >= 11 is 0. The summed E-state index contributed by atoms with van der Waals surface area (Å²) in [5.41, 5.74) is 1.22. The van der Waals surface area contributed by atoms with Gasteiger partial charge in [0.1, 0.15) is 0 Å². The maximum Gasteiger partial charge on any atom is 0.0638 e. The minimum atomic E-state index is -0.223. The second-order valence-corrected chi connectivity index (χ2v) is 6.17. The largest absolute Gasteiger partial charge is 0.392 e. The number of aliphatic hydroxyl groups excluding tert-OH is 1. The van der Waals surface area contributed by atoms with E-state index in [2.05, 4.69) is 24.3 Å². The highest BCUT2D eigenvalue weighted by Gasteiger charge is 2.41. The zero-order valence-corrected chi connectivity index (χ0v) is 11.6. The Hall–Kier alpha value is -0.860. The van der Waals surface area contributed by atoms with Gasteiger partial charge in [-0.15, -0.1) is 0 Å². The summed E-state index contributed by atoms with van der Waals surface area (Å²) in [5.74, 6) is 0.891. The number of aliphatic hydroxyl groups is 1. The lowest BCUT2D eigenvalue weighted by molar-refractivity contribution is -0.0200. The standard InChI is InChI=1S/C17H24O2/c18-16(9-8-14-6-7-14)17(10-12-19-13-11-17)15-4-2-1-3-5-15/h1-5,14,16,18H,6-13H2. The van der Waals surface area contributed by atoms with Crippen molar-refractivity contribution in [1.82, 2.24) is 0 Å². The molecule has 2 fully saturated rings.